The zero-order valence-electron chi connectivity index (χ0n) is 17.1. The van der Waals surface area contributed by atoms with Crippen LogP contribution in [0.2, 0.25) is 0 Å². The summed E-state index contributed by atoms with van der Waals surface area (Å²) in [5, 5.41) is 4.33. The summed E-state index contributed by atoms with van der Waals surface area (Å²) in [6.07, 6.45) is 5.18. The molecule has 2 N–H and O–H groups in total. The van der Waals surface area contributed by atoms with Gasteiger partial charge in [-0.05, 0) is 57.1 Å². The van der Waals surface area contributed by atoms with Crippen molar-refractivity contribution in [1.29, 1.82) is 0 Å². The van der Waals surface area contributed by atoms with E-state index in [1.165, 1.54) is 11.4 Å². The normalized spacial score (nSPS) is 18.5. The Morgan fingerprint density at radius 2 is 1.97 bits per heavy atom. The molecule has 0 radical (unpaired) electrons. The zero-order chi connectivity index (χ0) is 20.9. The van der Waals surface area contributed by atoms with Gasteiger partial charge >= 0.3 is 0 Å². The molecule has 1 aromatic carbocycles. The molecule has 8 heteroatoms. The lowest BCUT2D eigenvalue weighted by atomic mass is 10.1. The number of aryl methyl sites for hydroxylation is 1. The number of rotatable bonds is 6. The minimum Gasteiger partial charge on any atom is -0.468 e. The predicted molar refractivity (Wildman–Crippen MR) is 114 cm³/mol. The molecular formula is C22H27N5O3. The molecule has 158 valence electrons. The molecule has 0 spiro atoms. The number of piperidine rings is 1. The van der Waals surface area contributed by atoms with Crippen LogP contribution in [0.5, 0.6) is 0 Å². The van der Waals surface area contributed by atoms with E-state index in [-0.39, 0.29) is 30.2 Å². The fourth-order valence-electron chi connectivity index (χ4n) is 3.84. The Hall–Kier alpha value is -3.13. The van der Waals surface area contributed by atoms with Crippen LogP contribution in [0.4, 0.5) is 5.69 Å². The molecule has 2 aromatic rings. The summed E-state index contributed by atoms with van der Waals surface area (Å²) in [6.45, 7) is 4.28. The quantitative estimate of drug-likeness (QED) is 0.763. The number of carbonyl (C=O) groups excluding carboxylic acids is 2. The highest BCUT2D eigenvalue weighted by Gasteiger charge is 2.28. The van der Waals surface area contributed by atoms with Crippen molar-refractivity contribution in [3.63, 3.8) is 0 Å². The summed E-state index contributed by atoms with van der Waals surface area (Å²) in [5.74, 6) is 0.421. The van der Waals surface area contributed by atoms with E-state index < -0.39 is 0 Å². The highest BCUT2D eigenvalue weighted by atomic mass is 16.3. The van der Waals surface area contributed by atoms with Gasteiger partial charge in [0.05, 0.1) is 18.0 Å². The van der Waals surface area contributed by atoms with E-state index >= 15 is 0 Å². The lowest BCUT2D eigenvalue weighted by Crippen LogP contribution is -2.56. The number of hydrogen-bond donors (Lipinski definition) is 2. The number of nitrogens with zero attached hydrogens (tertiary/aromatic N) is 3. The third-order valence-corrected chi connectivity index (χ3v) is 5.51. The van der Waals surface area contributed by atoms with Crippen LogP contribution in [0.15, 0.2) is 52.1 Å². The van der Waals surface area contributed by atoms with Crippen molar-refractivity contribution < 1.29 is 14.0 Å². The van der Waals surface area contributed by atoms with Crippen LogP contribution >= 0.6 is 0 Å². The second-order valence-corrected chi connectivity index (χ2v) is 7.68. The van der Waals surface area contributed by atoms with Gasteiger partial charge in [0.15, 0.2) is 0 Å². The third-order valence-electron chi connectivity index (χ3n) is 5.51. The number of nitrogens with one attached hydrogen (secondary N) is 2. The predicted octanol–water partition coefficient (Wildman–Crippen LogP) is 2.18. The minimum absolute atomic E-state index is 0.0247. The van der Waals surface area contributed by atoms with Crippen LogP contribution in [0.25, 0.3) is 0 Å². The number of furan rings is 1. The SMILES string of the molecule is Cc1ccc(N2NC(C(=O)NC[C@@H](c3ccco3)N3CCCCC3)=NCC2=O)cc1. The first-order valence-corrected chi connectivity index (χ1v) is 10.4. The van der Waals surface area contributed by atoms with Gasteiger partial charge in [-0.15, -0.1) is 0 Å². The molecule has 1 atom stereocenters. The van der Waals surface area contributed by atoms with Gasteiger partial charge in [0.25, 0.3) is 11.8 Å². The van der Waals surface area contributed by atoms with Crippen LogP contribution in [0, 0.1) is 6.92 Å². The van der Waals surface area contributed by atoms with Gasteiger partial charge < -0.3 is 9.73 Å². The highest BCUT2D eigenvalue weighted by Crippen LogP contribution is 2.24. The summed E-state index contributed by atoms with van der Waals surface area (Å²) >= 11 is 0. The number of carbonyl (C=O) groups is 2. The lowest BCUT2D eigenvalue weighted by molar-refractivity contribution is -0.118. The standard InChI is InChI=1S/C22H27N5O3/c1-16-7-9-17(10-8-16)27-20(28)15-23-21(25-27)22(29)24-14-18(19-6-5-13-30-19)26-11-3-2-4-12-26/h5-10,13,18H,2-4,11-12,14-15H2,1H3,(H,23,25)(H,24,29)/t18-/m0/s1. The molecule has 0 saturated carbocycles. The van der Waals surface area contributed by atoms with E-state index in [2.05, 4.69) is 20.6 Å². The molecule has 0 bridgehead atoms. The molecule has 30 heavy (non-hydrogen) atoms. The smallest absolute Gasteiger partial charge is 0.288 e. The number of aliphatic imine (C=N–C) groups is 1. The Bertz CT molecular complexity index is 901. The summed E-state index contributed by atoms with van der Waals surface area (Å²) in [6, 6.07) is 11.3. The topological polar surface area (TPSA) is 90.2 Å². The number of anilines is 1. The van der Waals surface area contributed by atoms with E-state index in [1.54, 1.807) is 6.26 Å². The molecule has 1 aromatic heterocycles. The first-order valence-electron chi connectivity index (χ1n) is 10.4. The van der Waals surface area contributed by atoms with Crippen molar-refractivity contribution in [2.75, 3.05) is 31.2 Å². The van der Waals surface area contributed by atoms with Gasteiger partial charge in [-0.25, -0.2) is 5.01 Å². The summed E-state index contributed by atoms with van der Waals surface area (Å²) in [5.41, 5.74) is 4.63. The van der Waals surface area contributed by atoms with Crippen molar-refractivity contribution in [2.24, 2.45) is 4.99 Å². The number of benzene rings is 1. The molecule has 2 aliphatic rings. The van der Waals surface area contributed by atoms with Gasteiger partial charge in [-0.3, -0.25) is 24.9 Å². The Morgan fingerprint density at radius 1 is 1.20 bits per heavy atom. The molecule has 0 aliphatic carbocycles. The van der Waals surface area contributed by atoms with Gasteiger partial charge in [0.1, 0.15) is 12.3 Å². The Balaban J connectivity index is 1.42. The van der Waals surface area contributed by atoms with Gasteiger partial charge in [0.2, 0.25) is 5.84 Å². The van der Waals surface area contributed by atoms with Crippen LogP contribution in [-0.4, -0.2) is 48.7 Å². The summed E-state index contributed by atoms with van der Waals surface area (Å²) < 4.78 is 5.63. The molecule has 1 fully saturated rings. The van der Waals surface area contributed by atoms with Gasteiger partial charge in [-0.2, -0.15) is 0 Å². The zero-order valence-corrected chi connectivity index (χ0v) is 17.1. The number of hydrazine groups is 1. The van der Waals surface area contributed by atoms with Crippen molar-refractivity contribution in [2.45, 2.75) is 32.2 Å². The number of amidine groups is 1. The second-order valence-electron chi connectivity index (χ2n) is 7.68. The van der Waals surface area contributed by atoms with E-state index in [1.807, 2.05) is 43.3 Å². The number of hydrogen-bond acceptors (Lipinski definition) is 6. The molecular weight excluding hydrogens is 382 g/mol. The van der Waals surface area contributed by atoms with Crippen molar-refractivity contribution in [1.82, 2.24) is 15.6 Å². The van der Waals surface area contributed by atoms with Crippen LogP contribution in [0.1, 0.15) is 36.6 Å². The molecule has 2 aliphatic heterocycles. The molecule has 1 saturated heterocycles. The summed E-state index contributed by atoms with van der Waals surface area (Å²) in [4.78, 5) is 31.6. The monoisotopic (exact) mass is 409 g/mol. The molecule has 0 unspecified atom stereocenters. The fraction of sp³-hybridized carbons (Fsp3) is 0.409. The van der Waals surface area contributed by atoms with E-state index in [4.69, 9.17) is 4.42 Å². The summed E-state index contributed by atoms with van der Waals surface area (Å²) in [7, 11) is 0. The van der Waals surface area contributed by atoms with Crippen molar-refractivity contribution in [3.05, 3.63) is 54.0 Å². The van der Waals surface area contributed by atoms with Crippen molar-refractivity contribution in [3.8, 4) is 0 Å². The maximum Gasteiger partial charge on any atom is 0.288 e. The first kappa shape index (κ1) is 20.2. The largest absolute Gasteiger partial charge is 0.468 e. The van der Waals surface area contributed by atoms with Gasteiger partial charge in [-0.1, -0.05) is 24.1 Å². The van der Waals surface area contributed by atoms with Crippen LogP contribution < -0.4 is 15.8 Å². The molecule has 2 amide bonds. The van der Waals surface area contributed by atoms with Crippen molar-refractivity contribution >= 4 is 23.3 Å². The average molecular weight is 409 g/mol. The number of amides is 2. The maximum absolute atomic E-state index is 12.8. The Labute approximate surface area is 175 Å². The highest BCUT2D eigenvalue weighted by molar-refractivity contribution is 6.39. The van der Waals surface area contributed by atoms with Crippen LogP contribution in [-0.2, 0) is 9.59 Å². The van der Waals surface area contributed by atoms with E-state index in [0.717, 1.165) is 37.3 Å². The average Bonchev–Trinajstić information content (AvgIpc) is 3.30. The number of likely N-dealkylation sites (tertiary alicyclic amines) is 1. The second kappa shape index (κ2) is 9.13. The third kappa shape index (κ3) is 4.54. The van der Waals surface area contributed by atoms with Crippen LogP contribution in [0.3, 0.4) is 0 Å². The minimum atomic E-state index is -0.340. The van der Waals surface area contributed by atoms with E-state index in [0.29, 0.717) is 12.2 Å². The lowest BCUT2D eigenvalue weighted by Gasteiger charge is -2.33. The molecule has 4 rings (SSSR count). The maximum atomic E-state index is 12.8. The Morgan fingerprint density at radius 3 is 2.67 bits per heavy atom. The Kier molecular flexibility index (Phi) is 6.13. The first-order chi connectivity index (χ1) is 14.6. The molecule has 8 nitrogen and oxygen atoms in total. The fourth-order valence-corrected chi connectivity index (χ4v) is 3.84. The molecule has 3 heterocycles. The van der Waals surface area contributed by atoms with Gasteiger partial charge in [0, 0.05) is 6.54 Å². The van der Waals surface area contributed by atoms with E-state index in [9.17, 15) is 9.59 Å².